The van der Waals surface area contributed by atoms with Crippen LogP contribution in [0.25, 0.3) is 0 Å². The summed E-state index contributed by atoms with van der Waals surface area (Å²) in [5.41, 5.74) is 1.83. The third-order valence-electron chi connectivity index (χ3n) is 2.52. The molecule has 1 saturated heterocycles. The molecular weight excluding hydrogens is 194 g/mol. The average Bonchev–Trinajstić information content (AvgIpc) is 2.14. The molecule has 0 radical (unpaired) electrons. The number of hydrogen-bond donors (Lipinski definition) is 2. The van der Waals surface area contributed by atoms with Crippen LogP contribution in [0.1, 0.15) is 5.56 Å². The van der Waals surface area contributed by atoms with Gasteiger partial charge < -0.3 is 15.1 Å². The van der Waals surface area contributed by atoms with Crippen LogP contribution >= 0.6 is 0 Å². The van der Waals surface area contributed by atoms with Crippen molar-refractivity contribution in [1.29, 1.82) is 0 Å². The van der Waals surface area contributed by atoms with Gasteiger partial charge in [-0.15, -0.1) is 0 Å². The maximum Gasteiger partial charge on any atom is 0.307 e. The standard InChI is InChI=1S/C11H13NO3/c13-10-6-12(7-10)9-3-1-8(2-4-9)5-11(14)15/h1-4,10,13H,5-7H2,(H,14,15). The van der Waals surface area contributed by atoms with E-state index in [4.69, 9.17) is 10.2 Å². The van der Waals surface area contributed by atoms with E-state index in [1.54, 1.807) is 0 Å². The van der Waals surface area contributed by atoms with Gasteiger partial charge in [0.05, 0.1) is 12.5 Å². The number of anilines is 1. The van der Waals surface area contributed by atoms with Gasteiger partial charge >= 0.3 is 5.97 Å². The molecule has 4 heteroatoms. The Balaban J connectivity index is 2.01. The summed E-state index contributed by atoms with van der Waals surface area (Å²) in [7, 11) is 0. The minimum Gasteiger partial charge on any atom is -0.481 e. The highest BCUT2D eigenvalue weighted by Crippen LogP contribution is 2.21. The number of aliphatic carboxylic acids is 1. The van der Waals surface area contributed by atoms with Gasteiger partial charge in [-0.05, 0) is 17.7 Å². The van der Waals surface area contributed by atoms with Crippen LogP contribution in [0.15, 0.2) is 24.3 Å². The Hall–Kier alpha value is -1.55. The topological polar surface area (TPSA) is 60.8 Å². The predicted octanol–water partition coefficient (Wildman–Crippen LogP) is 0.495. The second-order valence-corrected chi connectivity index (χ2v) is 3.80. The molecule has 0 bridgehead atoms. The summed E-state index contributed by atoms with van der Waals surface area (Å²) in [4.78, 5) is 12.5. The number of rotatable bonds is 3. The number of carboxylic acids is 1. The van der Waals surface area contributed by atoms with Gasteiger partial charge in [-0.1, -0.05) is 12.1 Å². The molecule has 80 valence electrons. The fraction of sp³-hybridized carbons (Fsp3) is 0.364. The lowest BCUT2D eigenvalue weighted by molar-refractivity contribution is -0.136. The zero-order valence-corrected chi connectivity index (χ0v) is 8.26. The van der Waals surface area contributed by atoms with Crippen molar-refractivity contribution in [3.05, 3.63) is 29.8 Å². The highest BCUT2D eigenvalue weighted by Gasteiger charge is 2.24. The molecule has 15 heavy (non-hydrogen) atoms. The molecule has 0 aliphatic carbocycles. The van der Waals surface area contributed by atoms with E-state index in [0.717, 1.165) is 11.3 Å². The van der Waals surface area contributed by atoms with Crippen molar-refractivity contribution in [2.45, 2.75) is 12.5 Å². The number of benzene rings is 1. The van der Waals surface area contributed by atoms with Crippen molar-refractivity contribution < 1.29 is 15.0 Å². The number of aliphatic hydroxyl groups excluding tert-OH is 1. The van der Waals surface area contributed by atoms with Crippen molar-refractivity contribution in [2.75, 3.05) is 18.0 Å². The van der Waals surface area contributed by atoms with E-state index in [1.165, 1.54) is 0 Å². The van der Waals surface area contributed by atoms with Crippen LogP contribution in [0.5, 0.6) is 0 Å². The molecule has 1 aromatic carbocycles. The second kappa shape index (κ2) is 3.90. The smallest absolute Gasteiger partial charge is 0.307 e. The molecule has 2 rings (SSSR count). The summed E-state index contributed by atoms with van der Waals surface area (Å²) in [5, 5.41) is 17.7. The SMILES string of the molecule is O=C(O)Cc1ccc(N2CC(O)C2)cc1. The zero-order valence-electron chi connectivity index (χ0n) is 8.26. The molecule has 0 amide bonds. The van der Waals surface area contributed by atoms with Crippen LogP contribution in [-0.4, -0.2) is 35.4 Å². The number of nitrogens with zero attached hydrogens (tertiary/aromatic N) is 1. The molecular formula is C11H13NO3. The number of carboxylic acid groups (broad SMARTS) is 1. The quantitative estimate of drug-likeness (QED) is 0.757. The van der Waals surface area contributed by atoms with E-state index in [-0.39, 0.29) is 12.5 Å². The van der Waals surface area contributed by atoms with Crippen LogP contribution in [0.2, 0.25) is 0 Å². The lowest BCUT2D eigenvalue weighted by Gasteiger charge is -2.37. The van der Waals surface area contributed by atoms with Crippen LogP contribution in [0.4, 0.5) is 5.69 Å². The summed E-state index contributed by atoms with van der Waals surface area (Å²) >= 11 is 0. The molecule has 2 N–H and O–H groups in total. The zero-order chi connectivity index (χ0) is 10.8. The number of hydrogen-bond acceptors (Lipinski definition) is 3. The normalized spacial score (nSPS) is 16.2. The fourth-order valence-electron chi connectivity index (χ4n) is 1.67. The van der Waals surface area contributed by atoms with Gasteiger partial charge in [0.2, 0.25) is 0 Å². The maximum absolute atomic E-state index is 10.5. The van der Waals surface area contributed by atoms with Crippen LogP contribution in [0.3, 0.4) is 0 Å². The van der Waals surface area contributed by atoms with E-state index < -0.39 is 5.97 Å². The van der Waals surface area contributed by atoms with Gasteiger partial charge in [0.15, 0.2) is 0 Å². The molecule has 0 saturated carbocycles. The number of aliphatic hydroxyl groups is 1. The molecule has 0 atom stereocenters. The van der Waals surface area contributed by atoms with Gasteiger partial charge in [0, 0.05) is 18.8 Å². The first-order valence-corrected chi connectivity index (χ1v) is 4.89. The molecule has 1 aliphatic rings. The molecule has 1 fully saturated rings. The monoisotopic (exact) mass is 207 g/mol. The van der Waals surface area contributed by atoms with Crippen LogP contribution < -0.4 is 4.90 Å². The minimum atomic E-state index is -0.817. The second-order valence-electron chi connectivity index (χ2n) is 3.80. The summed E-state index contributed by atoms with van der Waals surface area (Å²) in [5.74, 6) is -0.817. The van der Waals surface area contributed by atoms with E-state index >= 15 is 0 Å². The lowest BCUT2D eigenvalue weighted by atomic mass is 10.1. The molecule has 1 aromatic rings. The summed E-state index contributed by atoms with van der Waals surface area (Å²) in [6.07, 6.45) is -0.160. The average molecular weight is 207 g/mol. The molecule has 4 nitrogen and oxygen atoms in total. The molecule has 0 unspecified atom stereocenters. The van der Waals surface area contributed by atoms with E-state index in [9.17, 15) is 4.79 Å². The molecule has 0 spiro atoms. The molecule has 1 heterocycles. The van der Waals surface area contributed by atoms with Crippen molar-refractivity contribution >= 4 is 11.7 Å². The van der Waals surface area contributed by atoms with Gasteiger partial charge in [-0.2, -0.15) is 0 Å². The van der Waals surface area contributed by atoms with Gasteiger partial charge in [-0.3, -0.25) is 4.79 Å². The van der Waals surface area contributed by atoms with E-state index in [1.807, 2.05) is 24.3 Å². The highest BCUT2D eigenvalue weighted by molar-refractivity contribution is 5.70. The number of β-amino-alcohol motifs (C(OH)–C–C–N with tert-alkyl or cyclic N) is 1. The first-order chi connectivity index (χ1) is 7.15. The maximum atomic E-state index is 10.5. The Labute approximate surface area is 87.8 Å². The first kappa shape index (κ1) is 9.98. The van der Waals surface area contributed by atoms with Gasteiger partial charge in [0.1, 0.15) is 0 Å². The van der Waals surface area contributed by atoms with Crippen molar-refractivity contribution in [2.24, 2.45) is 0 Å². The van der Waals surface area contributed by atoms with E-state index in [0.29, 0.717) is 13.1 Å². The Kier molecular flexibility index (Phi) is 2.60. The van der Waals surface area contributed by atoms with Crippen LogP contribution in [-0.2, 0) is 11.2 Å². The summed E-state index contributed by atoms with van der Waals surface area (Å²) in [6, 6.07) is 7.41. The van der Waals surface area contributed by atoms with Crippen molar-refractivity contribution in [1.82, 2.24) is 0 Å². The Morgan fingerprint density at radius 2 is 1.93 bits per heavy atom. The summed E-state index contributed by atoms with van der Waals surface area (Å²) < 4.78 is 0. The fourth-order valence-corrected chi connectivity index (χ4v) is 1.67. The summed E-state index contributed by atoms with van der Waals surface area (Å²) in [6.45, 7) is 1.33. The molecule has 0 aromatic heterocycles. The predicted molar refractivity (Wildman–Crippen MR) is 56.0 cm³/mol. The lowest BCUT2D eigenvalue weighted by Crippen LogP contribution is -2.50. The third-order valence-corrected chi connectivity index (χ3v) is 2.52. The number of carbonyl (C=O) groups is 1. The first-order valence-electron chi connectivity index (χ1n) is 4.89. The third kappa shape index (κ3) is 2.27. The molecule has 1 aliphatic heterocycles. The largest absolute Gasteiger partial charge is 0.481 e. The van der Waals surface area contributed by atoms with Crippen molar-refractivity contribution in [3.8, 4) is 0 Å². The van der Waals surface area contributed by atoms with Crippen molar-refractivity contribution in [3.63, 3.8) is 0 Å². The Morgan fingerprint density at radius 1 is 1.33 bits per heavy atom. The van der Waals surface area contributed by atoms with E-state index in [2.05, 4.69) is 4.90 Å². The van der Waals surface area contributed by atoms with Gasteiger partial charge in [0.25, 0.3) is 0 Å². The minimum absolute atomic E-state index is 0.0584. The Morgan fingerprint density at radius 3 is 2.40 bits per heavy atom. The van der Waals surface area contributed by atoms with Crippen LogP contribution in [0, 0.1) is 0 Å². The van der Waals surface area contributed by atoms with Gasteiger partial charge in [-0.25, -0.2) is 0 Å². The Bertz CT molecular complexity index is 355. The highest BCUT2D eigenvalue weighted by atomic mass is 16.4.